The lowest BCUT2D eigenvalue weighted by atomic mass is 10.1. The first-order valence-electron chi connectivity index (χ1n) is 14.3. The van der Waals surface area contributed by atoms with Crippen LogP contribution in [-0.2, 0) is 21.1 Å². The smallest absolute Gasteiger partial charge is 0.251 e. The molecule has 2 saturated heterocycles. The van der Waals surface area contributed by atoms with Gasteiger partial charge >= 0.3 is 0 Å². The highest BCUT2D eigenvalue weighted by Gasteiger charge is 2.35. The predicted octanol–water partition coefficient (Wildman–Crippen LogP) is 3.08. The van der Waals surface area contributed by atoms with Gasteiger partial charge in [0.2, 0.25) is 0 Å². The number of carbonyl (C=O) groups excluding carboxylic acids is 1. The Morgan fingerprint density at radius 2 is 1.81 bits per heavy atom. The topological polar surface area (TPSA) is 126 Å². The molecule has 3 aromatic heterocycles. The molecule has 11 heteroatoms. The summed E-state index contributed by atoms with van der Waals surface area (Å²) in [6.07, 6.45) is 4.88. The zero-order valence-electron chi connectivity index (χ0n) is 23.3. The minimum absolute atomic E-state index is 0.181. The number of hydrogen-bond acceptors (Lipinski definition) is 9. The van der Waals surface area contributed by atoms with Crippen molar-refractivity contribution in [1.82, 2.24) is 25.6 Å². The lowest BCUT2D eigenvalue weighted by Crippen LogP contribution is -2.64. The molecule has 2 N–H and O–H groups in total. The van der Waals surface area contributed by atoms with E-state index in [-0.39, 0.29) is 35.3 Å². The van der Waals surface area contributed by atoms with E-state index in [0.29, 0.717) is 24.5 Å². The zero-order chi connectivity index (χ0) is 28.8. The number of piperazine rings is 1. The summed E-state index contributed by atoms with van der Waals surface area (Å²) in [7, 11) is -3.44. The quantitative estimate of drug-likeness (QED) is 0.337. The number of fused-ring (bicyclic) bond motifs is 3. The molecule has 1 aliphatic carbocycles. The molecule has 0 radical (unpaired) electrons. The first-order valence-corrected chi connectivity index (χ1v) is 16.1. The van der Waals surface area contributed by atoms with Crippen molar-refractivity contribution in [3.63, 3.8) is 0 Å². The Morgan fingerprint density at radius 1 is 1.02 bits per heavy atom. The van der Waals surface area contributed by atoms with Crippen LogP contribution in [-0.4, -0.2) is 73.9 Å². The van der Waals surface area contributed by atoms with Crippen molar-refractivity contribution in [1.29, 1.82) is 0 Å². The van der Waals surface area contributed by atoms with Crippen molar-refractivity contribution in [3.8, 4) is 11.4 Å². The average molecular weight is 585 g/mol. The molecule has 7 rings (SSSR count). The Kier molecular flexibility index (Phi) is 6.88. The van der Waals surface area contributed by atoms with Gasteiger partial charge in [-0.15, -0.1) is 0 Å². The van der Waals surface area contributed by atoms with E-state index < -0.39 is 9.84 Å². The molecule has 1 saturated carbocycles. The Balaban J connectivity index is 1.10. The highest BCUT2D eigenvalue weighted by Crippen LogP contribution is 2.43. The van der Waals surface area contributed by atoms with E-state index in [9.17, 15) is 13.2 Å². The number of rotatable bonds is 7. The first kappa shape index (κ1) is 26.9. The number of sulfone groups is 1. The molecule has 216 valence electrons. The second kappa shape index (κ2) is 10.7. The zero-order valence-corrected chi connectivity index (χ0v) is 24.1. The largest absolute Gasteiger partial charge is 0.377 e. The maximum absolute atomic E-state index is 13.0. The number of aromatic nitrogens is 3. The third-order valence-corrected chi connectivity index (χ3v) is 9.33. The summed E-state index contributed by atoms with van der Waals surface area (Å²) >= 11 is 0. The molecular weight excluding hydrogens is 552 g/mol. The van der Waals surface area contributed by atoms with Crippen molar-refractivity contribution < 1.29 is 17.9 Å². The van der Waals surface area contributed by atoms with E-state index in [1.54, 1.807) is 18.3 Å². The van der Waals surface area contributed by atoms with Crippen LogP contribution in [0.4, 0.5) is 5.82 Å². The molecule has 1 aromatic carbocycles. The summed E-state index contributed by atoms with van der Waals surface area (Å²) in [6.45, 7) is 3.28. The number of morpholine rings is 1. The van der Waals surface area contributed by atoms with E-state index in [1.807, 2.05) is 36.4 Å². The van der Waals surface area contributed by atoms with Gasteiger partial charge < -0.3 is 20.3 Å². The summed E-state index contributed by atoms with van der Waals surface area (Å²) in [5, 5.41) is 7.24. The molecule has 2 aliphatic heterocycles. The number of nitrogens with zero attached hydrogens (tertiary/aromatic N) is 4. The number of pyridine rings is 3. The van der Waals surface area contributed by atoms with Crippen molar-refractivity contribution in [2.24, 2.45) is 0 Å². The van der Waals surface area contributed by atoms with Gasteiger partial charge in [-0.05, 0) is 66.8 Å². The number of ether oxygens (including phenoxy) is 1. The third kappa shape index (κ3) is 5.35. The second-order valence-corrected chi connectivity index (χ2v) is 13.3. The van der Waals surface area contributed by atoms with Crippen LogP contribution >= 0.6 is 0 Å². The Morgan fingerprint density at radius 3 is 2.57 bits per heavy atom. The lowest BCUT2D eigenvalue weighted by Gasteiger charge is -2.46. The van der Waals surface area contributed by atoms with Gasteiger partial charge in [0.15, 0.2) is 9.84 Å². The highest BCUT2D eigenvalue weighted by atomic mass is 32.2. The van der Waals surface area contributed by atoms with Gasteiger partial charge in [0, 0.05) is 36.5 Å². The number of anilines is 1. The molecule has 42 heavy (non-hydrogen) atoms. The number of nitrogens with one attached hydrogen (secondary N) is 2. The van der Waals surface area contributed by atoms with Gasteiger partial charge in [-0.3, -0.25) is 9.78 Å². The van der Waals surface area contributed by atoms with E-state index in [4.69, 9.17) is 14.7 Å². The average Bonchev–Trinajstić information content (AvgIpc) is 3.84. The maximum Gasteiger partial charge on any atom is 0.251 e. The fourth-order valence-electron chi connectivity index (χ4n) is 5.91. The lowest BCUT2D eigenvalue weighted by molar-refractivity contribution is 0.0523. The van der Waals surface area contributed by atoms with E-state index in [2.05, 4.69) is 20.5 Å². The first-order chi connectivity index (χ1) is 20.3. The molecule has 2 bridgehead atoms. The van der Waals surface area contributed by atoms with Gasteiger partial charge in [0.05, 0.1) is 59.3 Å². The number of hydrogen-bond donors (Lipinski definition) is 2. The van der Waals surface area contributed by atoms with Crippen molar-refractivity contribution in [3.05, 3.63) is 77.6 Å². The Bertz CT molecular complexity index is 1770. The van der Waals surface area contributed by atoms with Crippen LogP contribution < -0.4 is 15.5 Å². The standard InChI is InChI=1S/C31H32N6O4S/c1-42(39,40)29-11-20(7-9-25(29)19-5-6-19)31(38)34-14-22-12-28-21(13-33-22)8-10-27(35-28)26-3-2-4-30(36-26)37-23-15-32-16-24(37)18-41-17-23/h2-4,7-13,19,23-24,32H,5-6,14-18H2,1H3,(H,34,38)/t23-,24+. The van der Waals surface area contributed by atoms with Crippen molar-refractivity contribution in [2.75, 3.05) is 37.5 Å². The van der Waals surface area contributed by atoms with Crippen LogP contribution in [0, 0.1) is 0 Å². The van der Waals surface area contributed by atoms with Crippen LogP contribution in [0.5, 0.6) is 0 Å². The molecule has 3 aliphatic rings. The van der Waals surface area contributed by atoms with Crippen LogP contribution in [0.2, 0.25) is 0 Å². The minimum Gasteiger partial charge on any atom is -0.377 e. The normalized spacial score (nSPS) is 20.5. The molecule has 3 fully saturated rings. The molecule has 10 nitrogen and oxygen atoms in total. The van der Waals surface area contributed by atoms with Crippen LogP contribution in [0.3, 0.4) is 0 Å². The van der Waals surface area contributed by atoms with Gasteiger partial charge in [-0.2, -0.15) is 0 Å². The molecule has 1 amide bonds. The minimum atomic E-state index is -3.44. The second-order valence-electron chi connectivity index (χ2n) is 11.3. The summed E-state index contributed by atoms with van der Waals surface area (Å²) in [6, 6.07) is 17.3. The predicted molar refractivity (Wildman–Crippen MR) is 159 cm³/mol. The van der Waals surface area contributed by atoms with Crippen LogP contribution in [0.25, 0.3) is 22.3 Å². The summed E-state index contributed by atoms with van der Waals surface area (Å²) in [5.74, 6) is 0.839. The third-order valence-electron chi connectivity index (χ3n) is 8.18. The van der Waals surface area contributed by atoms with Gasteiger partial charge in [-0.25, -0.2) is 18.4 Å². The SMILES string of the molecule is CS(=O)(=O)c1cc(C(=O)NCc2cc3nc(-c4cccc(N5[C@@H]6CNC[C@H]5COC6)n4)ccc3cn2)ccc1C1CC1. The molecular formula is C31H32N6O4S. The summed E-state index contributed by atoms with van der Waals surface area (Å²) in [4.78, 5) is 29.9. The van der Waals surface area contributed by atoms with Crippen molar-refractivity contribution >= 4 is 32.5 Å². The Labute approximate surface area is 244 Å². The van der Waals surface area contributed by atoms with Crippen molar-refractivity contribution in [2.45, 2.75) is 42.3 Å². The Hall–Kier alpha value is -3.93. The molecule has 0 spiro atoms. The van der Waals surface area contributed by atoms with E-state index >= 15 is 0 Å². The fourth-order valence-corrected chi connectivity index (χ4v) is 6.92. The molecule has 5 heterocycles. The van der Waals surface area contributed by atoms with Gasteiger partial charge in [0.25, 0.3) is 5.91 Å². The highest BCUT2D eigenvalue weighted by molar-refractivity contribution is 7.90. The molecule has 0 unspecified atom stereocenters. The van der Waals surface area contributed by atoms with Gasteiger partial charge in [-0.1, -0.05) is 12.1 Å². The maximum atomic E-state index is 13.0. The van der Waals surface area contributed by atoms with E-state index in [1.165, 1.54) is 12.3 Å². The fraction of sp³-hybridized carbons (Fsp3) is 0.355. The number of carbonyl (C=O) groups is 1. The van der Waals surface area contributed by atoms with E-state index in [0.717, 1.165) is 59.6 Å². The molecule has 4 aromatic rings. The summed E-state index contributed by atoms with van der Waals surface area (Å²) < 4.78 is 30.5. The van der Waals surface area contributed by atoms with Crippen LogP contribution in [0.15, 0.2) is 65.7 Å². The number of amides is 1. The monoisotopic (exact) mass is 584 g/mol. The van der Waals surface area contributed by atoms with Crippen LogP contribution in [0.1, 0.15) is 40.4 Å². The molecule has 2 atom stereocenters. The van der Waals surface area contributed by atoms with Gasteiger partial charge in [0.1, 0.15) is 5.82 Å². The number of benzene rings is 1. The summed E-state index contributed by atoms with van der Waals surface area (Å²) in [5.41, 5.74) is 4.05.